The molecule has 0 aliphatic heterocycles. The predicted octanol–water partition coefficient (Wildman–Crippen LogP) is 4.95. The number of thiazole rings is 1. The van der Waals surface area contributed by atoms with Crippen LogP contribution in [0.3, 0.4) is 0 Å². The molecule has 0 atom stereocenters. The number of hydrogen-bond donors (Lipinski definition) is 0. The summed E-state index contributed by atoms with van der Waals surface area (Å²) in [5.74, 6) is 2.28. The van der Waals surface area contributed by atoms with Crippen molar-refractivity contribution in [3.63, 3.8) is 0 Å². The summed E-state index contributed by atoms with van der Waals surface area (Å²) in [4.78, 5) is 18.1. The SMILES string of the molecule is C#CCn1c(=NC(=O)c2sc3ccccc3c2Cl)sc2ccccc21. The van der Waals surface area contributed by atoms with E-state index in [1.54, 1.807) is 0 Å². The molecule has 0 unspecified atom stereocenters. The fourth-order valence-electron chi connectivity index (χ4n) is 2.64. The van der Waals surface area contributed by atoms with Crippen LogP contribution in [0.4, 0.5) is 0 Å². The highest BCUT2D eigenvalue weighted by Crippen LogP contribution is 2.35. The van der Waals surface area contributed by atoms with E-state index in [-0.39, 0.29) is 5.91 Å². The molecule has 3 nitrogen and oxygen atoms in total. The smallest absolute Gasteiger partial charge is 0.291 e. The van der Waals surface area contributed by atoms with E-state index in [1.807, 2.05) is 53.1 Å². The Morgan fingerprint density at radius 1 is 1.12 bits per heavy atom. The summed E-state index contributed by atoms with van der Waals surface area (Å²) < 4.78 is 3.88. The molecule has 25 heavy (non-hydrogen) atoms. The summed E-state index contributed by atoms with van der Waals surface area (Å²) >= 11 is 9.19. The van der Waals surface area contributed by atoms with Crippen molar-refractivity contribution in [1.82, 2.24) is 4.57 Å². The fourth-order valence-corrected chi connectivity index (χ4v) is 5.06. The van der Waals surface area contributed by atoms with Crippen molar-refractivity contribution in [3.05, 3.63) is 63.2 Å². The molecule has 2 aromatic carbocycles. The minimum Gasteiger partial charge on any atom is -0.305 e. The lowest BCUT2D eigenvalue weighted by molar-refractivity contribution is 0.100. The number of hydrogen-bond acceptors (Lipinski definition) is 3. The van der Waals surface area contributed by atoms with Gasteiger partial charge in [-0.15, -0.1) is 17.8 Å². The molecule has 4 aromatic rings. The van der Waals surface area contributed by atoms with Gasteiger partial charge in [-0.2, -0.15) is 4.99 Å². The number of carbonyl (C=O) groups is 1. The maximum absolute atomic E-state index is 12.7. The Balaban J connectivity index is 1.89. The van der Waals surface area contributed by atoms with E-state index >= 15 is 0 Å². The number of terminal acetylenes is 1. The van der Waals surface area contributed by atoms with Crippen LogP contribution in [-0.4, -0.2) is 10.5 Å². The Morgan fingerprint density at radius 2 is 1.84 bits per heavy atom. The van der Waals surface area contributed by atoms with Crippen LogP contribution < -0.4 is 4.80 Å². The zero-order chi connectivity index (χ0) is 17.4. The minimum atomic E-state index is -0.344. The lowest BCUT2D eigenvalue weighted by atomic mass is 10.2. The average Bonchev–Trinajstić information content (AvgIpc) is 3.14. The number of nitrogens with zero attached hydrogens (tertiary/aromatic N) is 2. The number of amides is 1. The number of thiophene rings is 1. The molecule has 2 heterocycles. The molecule has 0 saturated carbocycles. The topological polar surface area (TPSA) is 34.4 Å². The summed E-state index contributed by atoms with van der Waals surface area (Å²) in [6.07, 6.45) is 5.48. The fraction of sp³-hybridized carbons (Fsp3) is 0.0526. The highest BCUT2D eigenvalue weighted by Gasteiger charge is 2.17. The molecule has 0 fully saturated rings. The highest BCUT2D eigenvalue weighted by atomic mass is 35.5. The molecule has 0 aliphatic carbocycles. The van der Waals surface area contributed by atoms with Crippen molar-refractivity contribution in [2.45, 2.75) is 6.54 Å². The van der Waals surface area contributed by atoms with Crippen LogP contribution >= 0.6 is 34.3 Å². The summed E-state index contributed by atoms with van der Waals surface area (Å²) in [5, 5.41) is 1.33. The van der Waals surface area contributed by atoms with Gasteiger partial charge in [0.15, 0.2) is 4.80 Å². The van der Waals surface area contributed by atoms with Gasteiger partial charge >= 0.3 is 0 Å². The van der Waals surface area contributed by atoms with E-state index in [4.69, 9.17) is 18.0 Å². The van der Waals surface area contributed by atoms with E-state index in [0.29, 0.717) is 21.2 Å². The maximum atomic E-state index is 12.7. The third kappa shape index (κ3) is 2.79. The second kappa shape index (κ2) is 6.49. The second-order valence-corrected chi connectivity index (χ2v) is 7.74. The zero-order valence-corrected chi connectivity index (χ0v) is 15.3. The molecule has 0 bridgehead atoms. The number of halogens is 1. The third-order valence-electron chi connectivity index (χ3n) is 3.76. The molecular weight excluding hydrogens is 372 g/mol. The van der Waals surface area contributed by atoms with E-state index in [9.17, 15) is 4.79 Å². The van der Waals surface area contributed by atoms with Crippen LogP contribution in [0.15, 0.2) is 53.5 Å². The lowest BCUT2D eigenvalue weighted by Crippen LogP contribution is -2.16. The molecule has 0 radical (unpaired) electrons. The van der Waals surface area contributed by atoms with Gasteiger partial charge in [0.25, 0.3) is 5.91 Å². The van der Waals surface area contributed by atoms with Gasteiger partial charge < -0.3 is 4.57 Å². The Bertz CT molecular complexity index is 1220. The number of fused-ring (bicyclic) bond motifs is 2. The van der Waals surface area contributed by atoms with E-state index < -0.39 is 0 Å². The van der Waals surface area contributed by atoms with Crippen molar-refractivity contribution in [2.75, 3.05) is 0 Å². The van der Waals surface area contributed by atoms with Gasteiger partial charge in [0.05, 0.1) is 21.8 Å². The highest BCUT2D eigenvalue weighted by molar-refractivity contribution is 7.21. The summed E-state index contributed by atoms with van der Waals surface area (Å²) in [6, 6.07) is 15.5. The van der Waals surface area contributed by atoms with Crippen LogP contribution in [0.2, 0.25) is 5.02 Å². The first-order valence-electron chi connectivity index (χ1n) is 7.47. The molecule has 1 amide bonds. The number of benzene rings is 2. The molecule has 0 aliphatic rings. The van der Waals surface area contributed by atoms with Gasteiger partial charge in [-0.05, 0) is 18.2 Å². The van der Waals surface area contributed by atoms with Crippen molar-refractivity contribution < 1.29 is 4.79 Å². The molecule has 4 rings (SSSR count). The van der Waals surface area contributed by atoms with Crippen LogP contribution in [0.25, 0.3) is 20.3 Å². The molecule has 0 N–H and O–H groups in total. The van der Waals surface area contributed by atoms with Crippen molar-refractivity contribution in [2.24, 2.45) is 4.99 Å². The summed E-state index contributed by atoms with van der Waals surface area (Å²) in [5.41, 5.74) is 0.972. The quantitative estimate of drug-likeness (QED) is 0.452. The summed E-state index contributed by atoms with van der Waals surface area (Å²) in [7, 11) is 0. The van der Waals surface area contributed by atoms with E-state index in [2.05, 4.69) is 10.9 Å². The average molecular weight is 383 g/mol. The van der Waals surface area contributed by atoms with Crippen LogP contribution in [0.5, 0.6) is 0 Å². The Hall–Kier alpha value is -2.39. The van der Waals surface area contributed by atoms with E-state index in [1.165, 1.54) is 22.7 Å². The largest absolute Gasteiger partial charge is 0.305 e. The normalized spacial score (nSPS) is 11.9. The Kier molecular flexibility index (Phi) is 4.18. The molecule has 2 aromatic heterocycles. The first-order valence-corrected chi connectivity index (χ1v) is 9.48. The van der Waals surface area contributed by atoms with Gasteiger partial charge in [0.2, 0.25) is 0 Å². The van der Waals surface area contributed by atoms with Crippen molar-refractivity contribution >= 4 is 60.5 Å². The van der Waals surface area contributed by atoms with Crippen LogP contribution in [0, 0.1) is 12.3 Å². The number of carbonyl (C=O) groups excluding carboxylic acids is 1. The second-order valence-electron chi connectivity index (χ2n) is 5.30. The first-order chi connectivity index (χ1) is 12.2. The van der Waals surface area contributed by atoms with Crippen LogP contribution in [0.1, 0.15) is 9.67 Å². The number of para-hydroxylation sites is 1. The third-order valence-corrected chi connectivity index (χ3v) is 6.49. The van der Waals surface area contributed by atoms with Crippen molar-refractivity contribution in [1.29, 1.82) is 0 Å². The lowest BCUT2D eigenvalue weighted by Gasteiger charge is -1.98. The Morgan fingerprint density at radius 3 is 2.60 bits per heavy atom. The summed E-state index contributed by atoms with van der Waals surface area (Å²) in [6.45, 7) is 0.357. The Labute approximate surface area is 156 Å². The van der Waals surface area contributed by atoms with Gasteiger partial charge in [-0.3, -0.25) is 4.79 Å². The molecule has 0 saturated heterocycles. The molecule has 6 heteroatoms. The number of aromatic nitrogens is 1. The van der Waals surface area contributed by atoms with Gasteiger partial charge in [0.1, 0.15) is 4.88 Å². The zero-order valence-electron chi connectivity index (χ0n) is 12.9. The minimum absolute atomic E-state index is 0.344. The van der Waals surface area contributed by atoms with Gasteiger partial charge in [0, 0.05) is 10.1 Å². The standard InChI is InChI=1S/C19H11ClN2OS2/c1-2-11-22-13-8-4-6-10-15(13)25-19(22)21-18(23)17-16(20)12-7-3-5-9-14(12)24-17/h1,3-10H,11H2. The molecular formula is C19H11ClN2OS2. The van der Waals surface area contributed by atoms with E-state index in [0.717, 1.165) is 20.3 Å². The molecule has 0 spiro atoms. The first kappa shape index (κ1) is 16.1. The predicted molar refractivity (Wildman–Crippen MR) is 105 cm³/mol. The van der Waals surface area contributed by atoms with Crippen molar-refractivity contribution in [3.8, 4) is 12.3 Å². The van der Waals surface area contributed by atoms with Crippen LogP contribution in [-0.2, 0) is 6.54 Å². The number of rotatable bonds is 2. The monoisotopic (exact) mass is 382 g/mol. The van der Waals surface area contributed by atoms with Gasteiger partial charge in [-0.1, -0.05) is 59.2 Å². The molecule has 122 valence electrons. The van der Waals surface area contributed by atoms with Gasteiger partial charge in [-0.25, -0.2) is 0 Å². The maximum Gasteiger partial charge on any atom is 0.291 e.